The number of methoxy groups -OCH3 is 1. The van der Waals surface area contributed by atoms with Crippen molar-refractivity contribution in [2.24, 2.45) is 0 Å². The van der Waals surface area contributed by atoms with Gasteiger partial charge in [-0.25, -0.2) is 4.79 Å². The van der Waals surface area contributed by atoms with Gasteiger partial charge in [0, 0.05) is 13.7 Å². The number of amides is 1. The molecule has 8 nitrogen and oxygen atoms in total. The van der Waals surface area contributed by atoms with Crippen LogP contribution in [0.4, 0.5) is 0 Å². The topological polar surface area (TPSA) is 105 Å². The SMILES string of the molecule is CO[C@@]12CC[C@H](OCC(=O)O)C[C@@H]1N(C(=O)c1[nH]ncc1Cl)CC2. The second-order valence-electron chi connectivity index (χ2n) is 6.23. The Labute approximate surface area is 144 Å². The molecule has 0 aromatic carbocycles. The Morgan fingerprint density at radius 1 is 1.54 bits per heavy atom. The molecule has 3 atom stereocenters. The number of nitrogens with zero attached hydrogens (tertiary/aromatic N) is 2. The second-order valence-corrected chi connectivity index (χ2v) is 6.63. The summed E-state index contributed by atoms with van der Waals surface area (Å²) in [4.78, 5) is 25.2. The molecule has 1 saturated heterocycles. The lowest BCUT2D eigenvalue weighted by atomic mass is 9.79. The molecule has 132 valence electrons. The minimum absolute atomic E-state index is 0.179. The van der Waals surface area contributed by atoms with Gasteiger partial charge in [-0.3, -0.25) is 9.89 Å². The van der Waals surface area contributed by atoms with E-state index in [4.69, 9.17) is 26.2 Å². The Balaban J connectivity index is 1.78. The number of nitrogens with one attached hydrogen (secondary N) is 1. The lowest BCUT2D eigenvalue weighted by Gasteiger charge is -2.43. The van der Waals surface area contributed by atoms with Crippen LogP contribution in [0.3, 0.4) is 0 Å². The lowest BCUT2D eigenvalue weighted by Crippen LogP contribution is -2.53. The third-order valence-corrected chi connectivity index (χ3v) is 5.34. The molecular formula is C15H20ClN3O5. The van der Waals surface area contributed by atoms with Gasteiger partial charge in [0.1, 0.15) is 12.3 Å². The molecule has 0 spiro atoms. The van der Waals surface area contributed by atoms with Crippen LogP contribution in [0.1, 0.15) is 36.2 Å². The van der Waals surface area contributed by atoms with Crippen molar-refractivity contribution in [2.45, 2.75) is 43.4 Å². The molecule has 1 aromatic rings. The number of carbonyl (C=O) groups excluding carboxylic acids is 1. The molecule has 2 heterocycles. The summed E-state index contributed by atoms with van der Waals surface area (Å²) in [5, 5.41) is 15.5. The van der Waals surface area contributed by atoms with E-state index in [1.54, 1.807) is 12.0 Å². The zero-order valence-electron chi connectivity index (χ0n) is 13.3. The van der Waals surface area contributed by atoms with Gasteiger partial charge in [0.2, 0.25) is 0 Å². The zero-order chi connectivity index (χ0) is 17.3. The van der Waals surface area contributed by atoms with Gasteiger partial charge in [-0.15, -0.1) is 0 Å². The van der Waals surface area contributed by atoms with Crippen LogP contribution >= 0.6 is 11.6 Å². The summed E-state index contributed by atoms with van der Waals surface area (Å²) in [6.07, 6.45) is 3.90. The Kier molecular flexibility index (Phi) is 4.80. The highest BCUT2D eigenvalue weighted by Gasteiger charge is 2.53. The Morgan fingerprint density at radius 3 is 2.96 bits per heavy atom. The Bertz CT molecular complexity index is 636. The van der Waals surface area contributed by atoms with Crippen molar-refractivity contribution in [3.05, 3.63) is 16.9 Å². The lowest BCUT2D eigenvalue weighted by molar-refractivity contribution is -0.148. The van der Waals surface area contributed by atoms with Gasteiger partial charge >= 0.3 is 5.97 Å². The number of carboxylic acid groups (broad SMARTS) is 1. The summed E-state index contributed by atoms with van der Waals surface area (Å²) in [7, 11) is 1.66. The molecule has 3 rings (SSSR count). The van der Waals surface area contributed by atoms with Crippen molar-refractivity contribution in [3.8, 4) is 0 Å². The highest BCUT2D eigenvalue weighted by Crippen LogP contribution is 2.43. The fourth-order valence-electron chi connectivity index (χ4n) is 3.81. The molecule has 0 radical (unpaired) electrons. The number of ether oxygens (including phenoxy) is 2. The number of aromatic amines is 1. The van der Waals surface area contributed by atoms with E-state index >= 15 is 0 Å². The fraction of sp³-hybridized carbons (Fsp3) is 0.667. The number of carbonyl (C=O) groups is 2. The maximum absolute atomic E-state index is 12.8. The first kappa shape index (κ1) is 17.2. The van der Waals surface area contributed by atoms with Crippen LogP contribution in [0.15, 0.2) is 6.20 Å². The predicted molar refractivity (Wildman–Crippen MR) is 84.0 cm³/mol. The van der Waals surface area contributed by atoms with E-state index in [1.807, 2.05) is 0 Å². The molecule has 2 fully saturated rings. The molecular weight excluding hydrogens is 338 g/mol. The van der Waals surface area contributed by atoms with E-state index in [2.05, 4.69) is 10.2 Å². The van der Waals surface area contributed by atoms with Gasteiger partial charge < -0.3 is 19.5 Å². The number of fused-ring (bicyclic) bond motifs is 1. The Hall–Kier alpha value is -1.64. The molecule has 1 aliphatic carbocycles. The first-order valence-electron chi connectivity index (χ1n) is 7.85. The van der Waals surface area contributed by atoms with Gasteiger partial charge in [0.05, 0.1) is 29.0 Å². The molecule has 0 unspecified atom stereocenters. The molecule has 0 bridgehead atoms. The maximum atomic E-state index is 12.8. The van der Waals surface area contributed by atoms with E-state index in [9.17, 15) is 9.59 Å². The largest absolute Gasteiger partial charge is 0.480 e. The quantitative estimate of drug-likeness (QED) is 0.823. The number of halogens is 1. The maximum Gasteiger partial charge on any atom is 0.329 e. The van der Waals surface area contributed by atoms with Crippen molar-refractivity contribution in [1.29, 1.82) is 0 Å². The number of H-pyrrole nitrogens is 1. The number of likely N-dealkylation sites (tertiary alicyclic amines) is 1. The van der Waals surface area contributed by atoms with Crippen LogP contribution in [0.5, 0.6) is 0 Å². The first-order chi connectivity index (χ1) is 11.5. The average Bonchev–Trinajstić information content (AvgIpc) is 3.16. The summed E-state index contributed by atoms with van der Waals surface area (Å²) in [5.41, 5.74) is -0.150. The fourth-order valence-corrected chi connectivity index (χ4v) is 3.98. The van der Waals surface area contributed by atoms with Gasteiger partial charge in [0.25, 0.3) is 5.91 Å². The Morgan fingerprint density at radius 2 is 2.33 bits per heavy atom. The van der Waals surface area contributed by atoms with E-state index in [0.717, 1.165) is 12.8 Å². The normalized spacial score (nSPS) is 29.5. The van der Waals surface area contributed by atoms with Crippen molar-refractivity contribution in [3.63, 3.8) is 0 Å². The van der Waals surface area contributed by atoms with Crippen LogP contribution in [0, 0.1) is 0 Å². The number of aromatic nitrogens is 2. The summed E-state index contributed by atoms with van der Waals surface area (Å²) >= 11 is 6.01. The van der Waals surface area contributed by atoms with E-state index in [1.165, 1.54) is 6.20 Å². The monoisotopic (exact) mass is 357 g/mol. The molecule has 1 aliphatic heterocycles. The molecule has 2 N–H and O–H groups in total. The second kappa shape index (κ2) is 6.70. The summed E-state index contributed by atoms with van der Waals surface area (Å²) in [6.45, 7) is 0.218. The van der Waals surface area contributed by atoms with E-state index < -0.39 is 11.6 Å². The third-order valence-electron chi connectivity index (χ3n) is 5.05. The molecule has 9 heteroatoms. The van der Waals surface area contributed by atoms with Gasteiger partial charge in [-0.1, -0.05) is 11.6 Å². The average molecular weight is 358 g/mol. The predicted octanol–water partition coefficient (Wildman–Crippen LogP) is 1.32. The minimum atomic E-state index is -0.998. The van der Waals surface area contributed by atoms with Gasteiger partial charge in [-0.05, 0) is 25.7 Å². The zero-order valence-corrected chi connectivity index (χ0v) is 14.1. The number of aliphatic carboxylic acids is 1. The third kappa shape index (κ3) is 3.01. The number of rotatable bonds is 5. The molecule has 1 saturated carbocycles. The summed E-state index contributed by atoms with van der Waals surface area (Å²) in [6, 6.07) is -0.179. The van der Waals surface area contributed by atoms with Crippen LogP contribution in [0.25, 0.3) is 0 Å². The van der Waals surface area contributed by atoms with E-state index in [0.29, 0.717) is 19.4 Å². The summed E-state index contributed by atoms with van der Waals surface area (Å²) < 4.78 is 11.2. The highest BCUT2D eigenvalue weighted by molar-refractivity contribution is 6.33. The highest BCUT2D eigenvalue weighted by atomic mass is 35.5. The van der Waals surface area contributed by atoms with Crippen molar-refractivity contribution >= 4 is 23.5 Å². The first-order valence-corrected chi connectivity index (χ1v) is 8.23. The van der Waals surface area contributed by atoms with Gasteiger partial charge in [-0.2, -0.15) is 5.10 Å². The minimum Gasteiger partial charge on any atom is -0.480 e. The standard InChI is InChI=1S/C15H20ClN3O5/c1-23-15-3-2-9(24-8-12(20)21)6-11(15)19(5-4-15)14(22)13-10(16)7-17-18-13/h7,9,11H,2-6,8H2,1H3,(H,17,18)(H,20,21)/t9-,11-,15+/m0/s1. The van der Waals surface area contributed by atoms with E-state index in [-0.39, 0.29) is 35.4 Å². The number of hydrogen-bond donors (Lipinski definition) is 2. The molecule has 1 aromatic heterocycles. The van der Waals surface area contributed by atoms with Crippen LogP contribution in [-0.2, 0) is 14.3 Å². The van der Waals surface area contributed by atoms with Crippen molar-refractivity contribution < 1.29 is 24.2 Å². The van der Waals surface area contributed by atoms with Crippen molar-refractivity contribution in [1.82, 2.24) is 15.1 Å². The molecule has 2 aliphatic rings. The number of hydrogen-bond acceptors (Lipinski definition) is 5. The van der Waals surface area contributed by atoms with Gasteiger partial charge in [0.15, 0.2) is 0 Å². The smallest absolute Gasteiger partial charge is 0.329 e. The number of carboxylic acids is 1. The molecule has 24 heavy (non-hydrogen) atoms. The summed E-state index contributed by atoms with van der Waals surface area (Å²) in [5.74, 6) is -1.22. The van der Waals surface area contributed by atoms with Crippen molar-refractivity contribution in [2.75, 3.05) is 20.3 Å². The van der Waals surface area contributed by atoms with Crippen LogP contribution in [0.2, 0.25) is 5.02 Å². The van der Waals surface area contributed by atoms with Crippen LogP contribution in [-0.4, -0.2) is 70.1 Å². The molecule has 1 amide bonds. The van der Waals surface area contributed by atoms with Crippen LogP contribution < -0.4 is 0 Å².